The topological polar surface area (TPSA) is 66.4 Å². The summed E-state index contributed by atoms with van der Waals surface area (Å²) in [6.45, 7) is 5.57. The highest BCUT2D eigenvalue weighted by Gasteiger charge is 2.43. The number of ketones is 1. The van der Waals surface area contributed by atoms with Crippen LogP contribution in [0.4, 0.5) is 0 Å². The molecule has 19 heavy (non-hydrogen) atoms. The summed E-state index contributed by atoms with van der Waals surface area (Å²) in [6, 6.07) is 0. The number of aliphatic hydroxyl groups excluding tert-OH is 1. The van der Waals surface area contributed by atoms with E-state index in [0.717, 1.165) is 22.4 Å². The molecule has 1 amide bonds. The number of rotatable bonds is 0. The van der Waals surface area contributed by atoms with E-state index in [1.54, 1.807) is 13.8 Å². The Morgan fingerprint density at radius 2 is 1.95 bits per heavy atom. The lowest BCUT2D eigenvalue weighted by Gasteiger charge is -2.39. The average molecular weight is 257 g/mol. The summed E-state index contributed by atoms with van der Waals surface area (Å²) in [4.78, 5) is 23.4. The number of carbonyl (C=O) groups excluding carboxylic acids is 2. The van der Waals surface area contributed by atoms with Gasteiger partial charge in [-0.15, -0.1) is 0 Å². The van der Waals surface area contributed by atoms with Crippen LogP contribution in [0.3, 0.4) is 0 Å². The van der Waals surface area contributed by atoms with Crippen molar-refractivity contribution in [2.45, 2.75) is 27.2 Å². The molecule has 3 aliphatic rings. The number of aliphatic hydroxyl groups is 1. The summed E-state index contributed by atoms with van der Waals surface area (Å²) >= 11 is 0. The quantitative estimate of drug-likeness (QED) is 0.698. The highest BCUT2D eigenvalue weighted by atomic mass is 16.3. The zero-order valence-electron chi connectivity index (χ0n) is 11.1. The molecule has 1 heterocycles. The predicted octanol–water partition coefficient (Wildman–Crippen LogP) is 2.07. The Balaban J connectivity index is 2.22. The fourth-order valence-corrected chi connectivity index (χ4v) is 2.96. The monoisotopic (exact) mass is 257 g/mol. The Bertz CT molecular complexity index is 661. The first kappa shape index (κ1) is 12.0. The lowest BCUT2D eigenvalue weighted by Crippen LogP contribution is -2.31. The molecule has 3 rings (SSSR count). The van der Waals surface area contributed by atoms with Gasteiger partial charge in [0.15, 0.2) is 5.76 Å². The third-order valence-corrected chi connectivity index (χ3v) is 4.54. The van der Waals surface area contributed by atoms with E-state index in [9.17, 15) is 14.7 Å². The summed E-state index contributed by atoms with van der Waals surface area (Å²) in [6.07, 6.45) is 3.94. The van der Waals surface area contributed by atoms with Crippen LogP contribution in [0.2, 0.25) is 0 Å². The van der Waals surface area contributed by atoms with Crippen LogP contribution in [0.25, 0.3) is 0 Å². The molecule has 2 N–H and O–H groups in total. The van der Waals surface area contributed by atoms with Crippen molar-refractivity contribution in [3.05, 3.63) is 45.9 Å². The molecule has 98 valence electrons. The molecular formula is C15H15NO3. The van der Waals surface area contributed by atoms with Crippen LogP contribution in [0.5, 0.6) is 0 Å². The van der Waals surface area contributed by atoms with Crippen molar-refractivity contribution in [1.29, 1.82) is 0 Å². The molecule has 4 nitrogen and oxygen atoms in total. The van der Waals surface area contributed by atoms with E-state index >= 15 is 0 Å². The van der Waals surface area contributed by atoms with Crippen LogP contribution in [0, 0.1) is 5.41 Å². The van der Waals surface area contributed by atoms with Crippen molar-refractivity contribution in [3.8, 4) is 0 Å². The van der Waals surface area contributed by atoms with Crippen molar-refractivity contribution in [2.24, 2.45) is 5.41 Å². The number of allylic oxidation sites excluding steroid dienone is 5. The normalized spacial score (nSPS) is 29.8. The lowest BCUT2D eigenvalue weighted by atomic mass is 9.65. The van der Waals surface area contributed by atoms with Gasteiger partial charge in [0, 0.05) is 16.7 Å². The largest absolute Gasteiger partial charge is 0.504 e. The highest BCUT2D eigenvalue weighted by molar-refractivity contribution is 6.06. The molecule has 2 aliphatic carbocycles. The van der Waals surface area contributed by atoms with Crippen LogP contribution in [0.1, 0.15) is 27.2 Å². The van der Waals surface area contributed by atoms with E-state index in [4.69, 9.17) is 0 Å². The molecular weight excluding hydrogens is 242 g/mol. The zero-order chi connectivity index (χ0) is 13.9. The van der Waals surface area contributed by atoms with Gasteiger partial charge in [-0.25, -0.2) is 0 Å². The molecule has 4 heteroatoms. The average Bonchev–Trinajstić information content (AvgIpc) is 2.62. The summed E-state index contributed by atoms with van der Waals surface area (Å²) in [5, 5.41) is 12.7. The van der Waals surface area contributed by atoms with E-state index in [2.05, 4.69) is 5.32 Å². The SMILES string of the molecule is CC1=C2C[C@@]3(C)C(=CC(=O)C(O)=C3C)C=C2NC1=O. The molecule has 0 aromatic rings. The van der Waals surface area contributed by atoms with Gasteiger partial charge in [-0.2, -0.15) is 0 Å². The third kappa shape index (κ3) is 1.40. The molecule has 0 bridgehead atoms. The maximum Gasteiger partial charge on any atom is 0.251 e. The summed E-state index contributed by atoms with van der Waals surface area (Å²) in [5.41, 5.74) is 3.59. The highest BCUT2D eigenvalue weighted by Crippen LogP contribution is 2.50. The van der Waals surface area contributed by atoms with Gasteiger partial charge in [0.1, 0.15) is 0 Å². The number of amides is 1. The van der Waals surface area contributed by atoms with E-state index < -0.39 is 5.41 Å². The minimum absolute atomic E-state index is 0.0821. The van der Waals surface area contributed by atoms with Gasteiger partial charge in [0.05, 0.1) is 0 Å². The second kappa shape index (κ2) is 3.47. The Kier molecular flexibility index (Phi) is 2.18. The summed E-state index contributed by atoms with van der Waals surface area (Å²) in [7, 11) is 0. The molecule has 1 atom stereocenters. The number of carbonyl (C=O) groups is 2. The number of hydrogen-bond donors (Lipinski definition) is 2. The van der Waals surface area contributed by atoms with Crippen molar-refractivity contribution >= 4 is 11.7 Å². The molecule has 0 unspecified atom stereocenters. The van der Waals surface area contributed by atoms with Gasteiger partial charge in [-0.1, -0.05) is 6.92 Å². The van der Waals surface area contributed by atoms with Crippen LogP contribution in [-0.2, 0) is 9.59 Å². The van der Waals surface area contributed by atoms with Gasteiger partial charge >= 0.3 is 0 Å². The van der Waals surface area contributed by atoms with Gasteiger partial charge in [0.25, 0.3) is 5.91 Å². The van der Waals surface area contributed by atoms with Crippen molar-refractivity contribution in [1.82, 2.24) is 5.32 Å². The van der Waals surface area contributed by atoms with Crippen LogP contribution >= 0.6 is 0 Å². The smallest absolute Gasteiger partial charge is 0.251 e. The molecule has 0 saturated carbocycles. The van der Waals surface area contributed by atoms with Gasteiger partial charge < -0.3 is 10.4 Å². The molecule has 0 spiro atoms. The maximum absolute atomic E-state index is 11.7. The van der Waals surface area contributed by atoms with Gasteiger partial charge in [-0.3, -0.25) is 9.59 Å². The van der Waals surface area contributed by atoms with E-state index in [-0.39, 0.29) is 17.4 Å². The van der Waals surface area contributed by atoms with Crippen molar-refractivity contribution < 1.29 is 14.7 Å². The fourth-order valence-electron chi connectivity index (χ4n) is 2.96. The molecule has 0 fully saturated rings. The van der Waals surface area contributed by atoms with Crippen molar-refractivity contribution in [3.63, 3.8) is 0 Å². The Morgan fingerprint density at radius 1 is 1.26 bits per heavy atom. The molecule has 0 radical (unpaired) electrons. The van der Waals surface area contributed by atoms with Gasteiger partial charge in [0.2, 0.25) is 5.78 Å². The number of nitrogens with one attached hydrogen (secondary N) is 1. The summed E-state index contributed by atoms with van der Waals surface area (Å²) < 4.78 is 0. The second-order valence-electron chi connectivity index (χ2n) is 5.56. The van der Waals surface area contributed by atoms with Crippen LogP contribution in [-0.4, -0.2) is 16.8 Å². The van der Waals surface area contributed by atoms with Gasteiger partial charge in [-0.05, 0) is 49.1 Å². The minimum atomic E-state index is -0.412. The van der Waals surface area contributed by atoms with Crippen LogP contribution < -0.4 is 5.32 Å². The molecule has 0 aromatic heterocycles. The van der Waals surface area contributed by atoms with Crippen molar-refractivity contribution in [2.75, 3.05) is 0 Å². The van der Waals surface area contributed by atoms with E-state index in [1.165, 1.54) is 6.08 Å². The number of hydrogen-bond acceptors (Lipinski definition) is 3. The minimum Gasteiger partial charge on any atom is -0.504 e. The molecule has 1 aliphatic heterocycles. The second-order valence-corrected chi connectivity index (χ2v) is 5.56. The molecule has 0 aromatic carbocycles. The number of fused-ring (bicyclic) bond motifs is 2. The molecule has 0 saturated heterocycles. The van der Waals surface area contributed by atoms with E-state index in [0.29, 0.717) is 12.0 Å². The van der Waals surface area contributed by atoms with Crippen LogP contribution in [0.15, 0.2) is 45.9 Å². The first-order valence-corrected chi connectivity index (χ1v) is 6.24. The summed E-state index contributed by atoms with van der Waals surface area (Å²) in [5.74, 6) is -0.616. The Labute approximate surface area is 111 Å². The Hall–Kier alpha value is -2.10. The third-order valence-electron chi connectivity index (χ3n) is 4.54. The first-order valence-electron chi connectivity index (χ1n) is 6.24. The maximum atomic E-state index is 11.7. The fraction of sp³-hybridized carbons (Fsp3) is 0.333. The van der Waals surface area contributed by atoms with E-state index in [1.807, 2.05) is 13.0 Å². The standard InChI is InChI=1S/C15H15NO3/c1-7-10-6-15(3)8(2)13(18)12(17)5-9(15)4-11(10)16-14(7)19/h4-5,18H,6H2,1-3H3,(H,16,19)/t15-/m1/s1. The zero-order valence-corrected chi connectivity index (χ0v) is 11.1. The first-order chi connectivity index (χ1) is 8.84. The predicted molar refractivity (Wildman–Crippen MR) is 70.1 cm³/mol. The Morgan fingerprint density at radius 3 is 2.63 bits per heavy atom. The lowest BCUT2D eigenvalue weighted by molar-refractivity contribution is -0.116.